The highest BCUT2D eigenvalue weighted by atomic mass is 16.4. The first-order valence-electron chi connectivity index (χ1n) is 6.34. The van der Waals surface area contributed by atoms with Crippen LogP contribution in [0, 0.1) is 0 Å². The van der Waals surface area contributed by atoms with Gasteiger partial charge in [-0.2, -0.15) is 0 Å². The Morgan fingerprint density at radius 3 is 2.90 bits per heavy atom. The maximum absolute atomic E-state index is 10.7. The van der Waals surface area contributed by atoms with Gasteiger partial charge in [-0.25, -0.2) is 4.98 Å². The van der Waals surface area contributed by atoms with Crippen molar-refractivity contribution in [3.63, 3.8) is 0 Å². The summed E-state index contributed by atoms with van der Waals surface area (Å²) in [5.41, 5.74) is 2.65. The van der Waals surface area contributed by atoms with Crippen LogP contribution >= 0.6 is 0 Å². The first-order valence-corrected chi connectivity index (χ1v) is 6.34. The molecule has 0 bridgehead atoms. The Balaban J connectivity index is 2.11. The Morgan fingerprint density at radius 2 is 2.15 bits per heavy atom. The molecule has 3 rings (SSSR count). The minimum Gasteiger partial charge on any atom is -0.481 e. The van der Waals surface area contributed by atoms with Crippen LogP contribution in [0.25, 0.3) is 16.9 Å². The number of aromatic nitrogens is 3. The normalized spacial score (nSPS) is 10.8. The van der Waals surface area contributed by atoms with E-state index in [-0.39, 0.29) is 6.42 Å². The smallest absolute Gasteiger partial charge is 0.303 e. The van der Waals surface area contributed by atoms with Crippen molar-refractivity contribution in [3.05, 3.63) is 54.6 Å². The van der Waals surface area contributed by atoms with Crippen LogP contribution in [0.5, 0.6) is 0 Å². The summed E-state index contributed by atoms with van der Waals surface area (Å²) in [6, 6.07) is 9.60. The van der Waals surface area contributed by atoms with E-state index in [0.717, 1.165) is 22.6 Å². The molecule has 0 aliphatic heterocycles. The first kappa shape index (κ1) is 12.3. The van der Waals surface area contributed by atoms with Gasteiger partial charge in [-0.3, -0.25) is 14.2 Å². The number of pyridine rings is 2. The van der Waals surface area contributed by atoms with Gasteiger partial charge in [0.2, 0.25) is 0 Å². The second-order valence-corrected chi connectivity index (χ2v) is 4.47. The number of carboxylic acid groups (broad SMARTS) is 1. The molecular weight excluding hydrogens is 254 g/mol. The van der Waals surface area contributed by atoms with E-state index in [1.807, 2.05) is 40.9 Å². The van der Waals surface area contributed by atoms with Crippen LogP contribution in [0.15, 0.2) is 48.9 Å². The SMILES string of the molecule is O=C(O)CCc1nc(-c2cccnc2)n2ccccc12. The zero-order chi connectivity index (χ0) is 13.9. The summed E-state index contributed by atoms with van der Waals surface area (Å²) in [7, 11) is 0. The summed E-state index contributed by atoms with van der Waals surface area (Å²) in [5, 5.41) is 8.83. The molecule has 5 nitrogen and oxygen atoms in total. The highest BCUT2D eigenvalue weighted by Crippen LogP contribution is 2.22. The zero-order valence-electron chi connectivity index (χ0n) is 10.7. The van der Waals surface area contributed by atoms with Crippen molar-refractivity contribution in [3.8, 4) is 11.4 Å². The summed E-state index contributed by atoms with van der Waals surface area (Å²) in [4.78, 5) is 19.4. The molecule has 1 N–H and O–H groups in total. The highest BCUT2D eigenvalue weighted by Gasteiger charge is 2.13. The minimum atomic E-state index is -0.815. The number of aryl methyl sites for hydroxylation is 1. The van der Waals surface area contributed by atoms with Crippen molar-refractivity contribution in [2.45, 2.75) is 12.8 Å². The number of fused-ring (bicyclic) bond motifs is 1. The monoisotopic (exact) mass is 267 g/mol. The van der Waals surface area contributed by atoms with Gasteiger partial charge in [0, 0.05) is 30.6 Å². The molecular formula is C15H13N3O2. The highest BCUT2D eigenvalue weighted by molar-refractivity contribution is 5.69. The third-order valence-corrected chi connectivity index (χ3v) is 3.12. The lowest BCUT2D eigenvalue weighted by Crippen LogP contribution is -1.98. The van der Waals surface area contributed by atoms with E-state index in [2.05, 4.69) is 9.97 Å². The van der Waals surface area contributed by atoms with Crippen molar-refractivity contribution in [2.24, 2.45) is 0 Å². The van der Waals surface area contributed by atoms with Gasteiger partial charge in [0.05, 0.1) is 17.6 Å². The lowest BCUT2D eigenvalue weighted by Gasteiger charge is -1.99. The summed E-state index contributed by atoms with van der Waals surface area (Å²) < 4.78 is 1.97. The molecule has 0 aromatic carbocycles. The second-order valence-electron chi connectivity index (χ2n) is 4.47. The van der Waals surface area contributed by atoms with E-state index in [9.17, 15) is 4.79 Å². The molecule has 3 aromatic rings. The largest absolute Gasteiger partial charge is 0.481 e. The third-order valence-electron chi connectivity index (χ3n) is 3.12. The summed E-state index contributed by atoms with van der Waals surface area (Å²) in [5.74, 6) is -0.0286. The van der Waals surface area contributed by atoms with Crippen molar-refractivity contribution < 1.29 is 9.90 Å². The quantitative estimate of drug-likeness (QED) is 0.788. The van der Waals surface area contributed by atoms with Gasteiger partial charge in [-0.1, -0.05) is 6.07 Å². The molecule has 0 aliphatic carbocycles. The minimum absolute atomic E-state index is 0.0774. The Hall–Kier alpha value is -2.69. The average molecular weight is 267 g/mol. The molecule has 0 amide bonds. The van der Waals surface area contributed by atoms with E-state index >= 15 is 0 Å². The van der Waals surface area contributed by atoms with Crippen LogP contribution in [-0.2, 0) is 11.2 Å². The fraction of sp³-hybridized carbons (Fsp3) is 0.133. The Morgan fingerprint density at radius 1 is 1.25 bits per heavy atom. The third kappa shape index (κ3) is 2.25. The van der Waals surface area contributed by atoms with Gasteiger partial charge in [0.15, 0.2) is 0 Å². The van der Waals surface area contributed by atoms with Gasteiger partial charge < -0.3 is 5.11 Å². The molecule has 20 heavy (non-hydrogen) atoms. The van der Waals surface area contributed by atoms with E-state index in [4.69, 9.17) is 5.11 Å². The van der Waals surface area contributed by atoms with Crippen molar-refractivity contribution in [2.75, 3.05) is 0 Å². The standard InChI is InChI=1S/C15H13N3O2/c19-14(20)7-6-12-13-5-1-2-9-18(13)15(17-12)11-4-3-8-16-10-11/h1-5,8-10H,6-7H2,(H,19,20). The maximum Gasteiger partial charge on any atom is 0.303 e. The molecule has 0 saturated carbocycles. The molecule has 5 heteroatoms. The van der Waals surface area contributed by atoms with Crippen LogP contribution in [0.1, 0.15) is 12.1 Å². The number of rotatable bonds is 4. The summed E-state index contributed by atoms with van der Waals surface area (Å²) in [6.45, 7) is 0. The molecule has 0 atom stereocenters. The number of hydrogen-bond donors (Lipinski definition) is 1. The first-order chi connectivity index (χ1) is 9.75. The van der Waals surface area contributed by atoms with Crippen molar-refractivity contribution >= 4 is 11.5 Å². The fourth-order valence-corrected chi connectivity index (χ4v) is 2.21. The number of aliphatic carboxylic acids is 1. The maximum atomic E-state index is 10.7. The van der Waals surface area contributed by atoms with Crippen LogP contribution in [0.4, 0.5) is 0 Å². The van der Waals surface area contributed by atoms with Gasteiger partial charge >= 0.3 is 5.97 Å². The van der Waals surface area contributed by atoms with Gasteiger partial charge in [-0.05, 0) is 24.3 Å². The predicted molar refractivity (Wildman–Crippen MR) is 74.4 cm³/mol. The second kappa shape index (κ2) is 5.13. The Labute approximate surface area is 115 Å². The molecule has 3 aromatic heterocycles. The number of nitrogens with zero attached hydrogens (tertiary/aromatic N) is 3. The number of carboxylic acids is 1. The average Bonchev–Trinajstić information content (AvgIpc) is 2.85. The number of imidazole rings is 1. The van der Waals surface area contributed by atoms with Crippen LogP contribution < -0.4 is 0 Å². The Bertz CT molecular complexity index is 750. The van der Waals surface area contributed by atoms with Gasteiger partial charge in [0.1, 0.15) is 5.82 Å². The molecule has 100 valence electrons. The number of carbonyl (C=O) groups is 1. The molecule has 0 unspecified atom stereocenters. The van der Waals surface area contributed by atoms with E-state index in [1.54, 1.807) is 12.4 Å². The van der Waals surface area contributed by atoms with Gasteiger partial charge in [-0.15, -0.1) is 0 Å². The molecule has 0 radical (unpaired) electrons. The van der Waals surface area contributed by atoms with E-state index in [0.29, 0.717) is 6.42 Å². The Kier molecular flexibility index (Phi) is 3.16. The lowest BCUT2D eigenvalue weighted by molar-refractivity contribution is -0.136. The van der Waals surface area contributed by atoms with Gasteiger partial charge in [0.25, 0.3) is 0 Å². The zero-order valence-corrected chi connectivity index (χ0v) is 10.7. The molecule has 0 fully saturated rings. The molecule has 0 saturated heterocycles. The van der Waals surface area contributed by atoms with E-state index in [1.165, 1.54) is 0 Å². The molecule has 0 aliphatic rings. The summed E-state index contributed by atoms with van der Waals surface area (Å²) in [6.07, 6.45) is 5.89. The molecule has 3 heterocycles. The number of hydrogen-bond acceptors (Lipinski definition) is 3. The van der Waals surface area contributed by atoms with E-state index < -0.39 is 5.97 Å². The van der Waals surface area contributed by atoms with Crippen molar-refractivity contribution in [1.29, 1.82) is 0 Å². The molecule has 0 spiro atoms. The lowest BCUT2D eigenvalue weighted by atomic mass is 10.2. The van der Waals surface area contributed by atoms with Crippen LogP contribution in [0.2, 0.25) is 0 Å². The van der Waals surface area contributed by atoms with Crippen molar-refractivity contribution in [1.82, 2.24) is 14.4 Å². The van der Waals surface area contributed by atoms with Crippen LogP contribution in [-0.4, -0.2) is 25.4 Å². The summed E-state index contributed by atoms with van der Waals surface area (Å²) >= 11 is 0. The predicted octanol–water partition coefficient (Wildman–Crippen LogP) is 2.41. The van der Waals surface area contributed by atoms with Crippen LogP contribution in [0.3, 0.4) is 0 Å². The topological polar surface area (TPSA) is 67.5 Å². The fourth-order valence-electron chi connectivity index (χ4n) is 2.21.